The second-order valence-corrected chi connectivity index (χ2v) is 8.67. The highest BCUT2D eigenvalue weighted by molar-refractivity contribution is 14.0. The summed E-state index contributed by atoms with van der Waals surface area (Å²) in [7, 11) is -0.127. The first-order valence-corrected chi connectivity index (χ1v) is 11.1. The number of benzene rings is 2. The van der Waals surface area contributed by atoms with Crippen molar-refractivity contribution < 1.29 is 8.42 Å². The molecule has 0 aliphatic heterocycles. The zero-order chi connectivity index (χ0) is 20.7. The van der Waals surface area contributed by atoms with Crippen LogP contribution in [-0.2, 0) is 28.7 Å². The van der Waals surface area contributed by atoms with Crippen LogP contribution < -0.4 is 15.4 Å². The lowest BCUT2D eigenvalue weighted by Gasteiger charge is -2.12. The van der Waals surface area contributed by atoms with Gasteiger partial charge in [-0.05, 0) is 36.2 Å². The molecule has 0 amide bonds. The maximum absolute atomic E-state index is 11.7. The molecule has 2 aromatic carbocycles. The Morgan fingerprint density at radius 1 is 1.07 bits per heavy atom. The Kier molecular flexibility index (Phi) is 9.12. The Morgan fingerprint density at radius 3 is 2.60 bits per heavy atom. The lowest BCUT2D eigenvalue weighted by molar-refractivity contribution is 0.587. The van der Waals surface area contributed by atoms with Gasteiger partial charge in [0.25, 0.3) is 0 Å². The van der Waals surface area contributed by atoms with Crippen molar-refractivity contribution in [1.29, 1.82) is 0 Å². The molecule has 0 aliphatic carbocycles. The summed E-state index contributed by atoms with van der Waals surface area (Å²) in [4.78, 5) is 7.55. The smallest absolute Gasteiger partial charge is 0.215 e. The van der Waals surface area contributed by atoms with Crippen molar-refractivity contribution in [1.82, 2.24) is 20.3 Å². The third-order valence-electron chi connectivity index (χ3n) is 4.70. The van der Waals surface area contributed by atoms with Gasteiger partial charge in [-0.15, -0.1) is 24.0 Å². The van der Waals surface area contributed by atoms with Gasteiger partial charge in [-0.3, -0.25) is 4.99 Å². The van der Waals surface area contributed by atoms with Crippen LogP contribution in [-0.4, -0.2) is 40.0 Å². The Hall–Kier alpha value is -2.11. The molecular weight excluding hydrogens is 513 g/mol. The number of rotatable bonds is 8. The lowest BCUT2D eigenvalue weighted by atomic mass is 10.1. The van der Waals surface area contributed by atoms with Gasteiger partial charge in [0.1, 0.15) is 0 Å². The van der Waals surface area contributed by atoms with Gasteiger partial charge in [-0.2, -0.15) is 0 Å². The molecule has 7 nitrogen and oxygen atoms in total. The molecule has 0 aliphatic rings. The predicted molar refractivity (Wildman–Crippen MR) is 134 cm³/mol. The summed E-state index contributed by atoms with van der Waals surface area (Å²) >= 11 is 0. The number of aromatic amines is 1. The van der Waals surface area contributed by atoms with Crippen molar-refractivity contribution in [3.05, 3.63) is 71.4 Å². The summed E-state index contributed by atoms with van der Waals surface area (Å²) in [6.45, 7) is 1.31. The van der Waals surface area contributed by atoms with Crippen LogP contribution in [0, 0.1) is 0 Å². The number of fused-ring (bicyclic) bond motifs is 1. The highest BCUT2D eigenvalue weighted by Crippen LogP contribution is 2.17. The van der Waals surface area contributed by atoms with Crippen molar-refractivity contribution in [2.45, 2.75) is 18.7 Å². The number of guanidine groups is 1. The second-order valence-electron chi connectivity index (χ2n) is 6.75. The first-order chi connectivity index (χ1) is 14.0. The number of hydrogen-bond acceptors (Lipinski definition) is 3. The Bertz CT molecular complexity index is 1100. The van der Waals surface area contributed by atoms with E-state index in [9.17, 15) is 8.42 Å². The van der Waals surface area contributed by atoms with Crippen LogP contribution in [0.25, 0.3) is 10.9 Å². The van der Waals surface area contributed by atoms with Crippen LogP contribution in [0.1, 0.15) is 16.7 Å². The van der Waals surface area contributed by atoms with E-state index in [1.54, 1.807) is 7.05 Å². The van der Waals surface area contributed by atoms with Gasteiger partial charge in [-0.25, -0.2) is 13.1 Å². The minimum Gasteiger partial charge on any atom is -0.361 e. The van der Waals surface area contributed by atoms with E-state index in [0.717, 1.165) is 29.6 Å². The van der Waals surface area contributed by atoms with Gasteiger partial charge >= 0.3 is 0 Å². The first kappa shape index (κ1) is 24.2. The number of aliphatic imine (C=N–C) groups is 1. The van der Waals surface area contributed by atoms with Crippen LogP contribution in [0.15, 0.2) is 59.7 Å². The Balaban J connectivity index is 0.00000320. The normalized spacial score (nSPS) is 11.9. The SMILES string of the molecule is CN=C(NCCc1c[nH]c2ccccc12)NCc1cccc(CS(=O)(=O)NC)c1.I. The number of halogens is 1. The minimum absolute atomic E-state index is 0. The molecule has 3 aromatic rings. The number of H-pyrrole nitrogens is 1. The zero-order valence-electron chi connectivity index (χ0n) is 17.1. The number of nitrogens with one attached hydrogen (secondary N) is 4. The van der Waals surface area contributed by atoms with Gasteiger partial charge in [0.05, 0.1) is 5.75 Å². The fraction of sp³-hybridized carbons (Fsp3) is 0.286. The van der Waals surface area contributed by atoms with Crippen molar-refractivity contribution in [3.8, 4) is 0 Å². The molecule has 3 rings (SSSR count). The Labute approximate surface area is 194 Å². The largest absolute Gasteiger partial charge is 0.361 e. The average Bonchev–Trinajstić information content (AvgIpc) is 3.13. The van der Waals surface area contributed by atoms with E-state index in [1.165, 1.54) is 18.0 Å². The molecule has 0 radical (unpaired) electrons. The quantitative estimate of drug-likeness (QED) is 0.200. The van der Waals surface area contributed by atoms with Crippen LogP contribution in [0.4, 0.5) is 0 Å². The molecule has 1 heterocycles. The zero-order valence-corrected chi connectivity index (χ0v) is 20.3. The molecular formula is C21H28IN5O2S. The Morgan fingerprint density at radius 2 is 1.83 bits per heavy atom. The highest BCUT2D eigenvalue weighted by Gasteiger charge is 2.09. The van der Waals surface area contributed by atoms with Crippen LogP contribution >= 0.6 is 24.0 Å². The summed E-state index contributed by atoms with van der Waals surface area (Å²) in [6.07, 6.45) is 2.93. The van der Waals surface area contributed by atoms with E-state index >= 15 is 0 Å². The maximum Gasteiger partial charge on any atom is 0.215 e. The maximum atomic E-state index is 11.7. The van der Waals surface area contributed by atoms with Crippen molar-refractivity contribution in [2.24, 2.45) is 4.99 Å². The lowest BCUT2D eigenvalue weighted by Crippen LogP contribution is -2.37. The number of aromatic nitrogens is 1. The molecule has 0 unspecified atom stereocenters. The van der Waals surface area contributed by atoms with E-state index in [4.69, 9.17) is 0 Å². The van der Waals surface area contributed by atoms with E-state index < -0.39 is 10.0 Å². The van der Waals surface area contributed by atoms with Crippen LogP contribution in [0.5, 0.6) is 0 Å². The summed E-state index contributed by atoms with van der Waals surface area (Å²) in [6, 6.07) is 15.8. The van der Waals surface area contributed by atoms with Crippen LogP contribution in [0.3, 0.4) is 0 Å². The monoisotopic (exact) mass is 541 g/mol. The van der Waals surface area contributed by atoms with Crippen LogP contribution in [0.2, 0.25) is 0 Å². The topological polar surface area (TPSA) is 98.4 Å². The standard InChI is InChI=1S/C21H27N5O2S.HI/c1-22-21(24-11-10-18-14-25-20-9-4-3-8-19(18)20)26-13-16-6-5-7-17(12-16)15-29(27,28)23-2;/h3-9,12,14,23,25H,10-11,13,15H2,1-2H3,(H2,22,24,26);1H. The van der Waals surface area contributed by atoms with Crippen molar-refractivity contribution in [3.63, 3.8) is 0 Å². The average molecular weight is 541 g/mol. The molecule has 0 bridgehead atoms. The summed E-state index contributed by atoms with van der Waals surface area (Å²) < 4.78 is 25.8. The summed E-state index contributed by atoms with van der Waals surface area (Å²) in [5.41, 5.74) is 4.15. The fourth-order valence-electron chi connectivity index (χ4n) is 3.18. The molecule has 30 heavy (non-hydrogen) atoms. The first-order valence-electron chi connectivity index (χ1n) is 9.49. The number of sulfonamides is 1. The third kappa shape index (κ3) is 6.71. The molecule has 9 heteroatoms. The number of para-hydroxylation sites is 1. The van der Waals surface area contributed by atoms with Gasteiger partial charge in [0.2, 0.25) is 10.0 Å². The second kappa shape index (κ2) is 11.3. The van der Waals surface area contributed by atoms with Gasteiger partial charge in [-0.1, -0.05) is 42.5 Å². The predicted octanol–water partition coefficient (Wildman–Crippen LogP) is 2.74. The molecule has 162 valence electrons. The van der Waals surface area contributed by atoms with E-state index in [2.05, 4.69) is 37.5 Å². The molecule has 0 atom stereocenters. The fourth-order valence-corrected chi connectivity index (χ4v) is 3.94. The van der Waals surface area contributed by atoms with Gasteiger partial charge in [0.15, 0.2) is 5.96 Å². The highest BCUT2D eigenvalue weighted by atomic mass is 127. The summed E-state index contributed by atoms with van der Waals surface area (Å²) in [5, 5.41) is 7.84. The molecule has 0 spiro atoms. The number of hydrogen-bond donors (Lipinski definition) is 4. The third-order valence-corrected chi connectivity index (χ3v) is 6.04. The van der Waals surface area contributed by atoms with E-state index in [1.807, 2.05) is 42.6 Å². The minimum atomic E-state index is -3.28. The molecule has 4 N–H and O–H groups in total. The van der Waals surface area contributed by atoms with Gasteiger partial charge < -0.3 is 15.6 Å². The van der Waals surface area contributed by atoms with Crippen molar-refractivity contribution >= 4 is 50.9 Å². The summed E-state index contributed by atoms with van der Waals surface area (Å²) in [5.74, 6) is 0.674. The molecule has 0 saturated carbocycles. The molecule has 0 saturated heterocycles. The number of nitrogens with zero attached hydrogens (tertiary/aromatic N) is 1. The van der Waals surface area contributed by atoms with Crippen molar-refractivity contribution in [2.75, 3.05) is 20.6 Å². The van der Waals surface area contributed by atoms with E-state index in [-0.39, 0.29) is 29.7 Å². The van der Waals surface area contributed by atoms with Gasteiger partial charge in [0, 0.05) is 37.2 Å². The van der Waals surface area contributed by atoms with E-state index in [0.29, 0.717) is 12.5 Å². The molecule has 1 aromatic heterocycles. The molecule has 0 fully saturated rings.